The summed E-state index contributed by atoms with van der Waals surface area (Å²) in [4.78, 5) is 21.1. The van der Waals surface area contributed by atoms with Crippen LogP contribution in [0.2, 0.25) is 0 Å². The third-order valence-electron chi connectivity index (χ3n) is 1.70. The summed E-state index contributed by atoms with van der Waals surface area (Å²) in [5, 5.41) is 8.65. The maximum Gasteiger partial charge on any atom is 0.345 e. The van der Waals surface area contributed by atoms with Gasteiger partial charge in [-0.1, -0.05) is 13.8 Å². The Labute approximate surface area is 71.5 Å². The first-order chi connectivity index (χ1) is 5.49. The normalized spacial score (nSPS) is 14.9. The van der Waals surface area contributed by atoms with Crippen molar-refractivity contribution in [2.75, 3.05) is 0 Å². The molecule has 0 amide bonds. The number of esters is 1. The van der Waals surface area contributed by atoms with Gasteiger partial charge in [0.25, 0.3) is 0 Å². The number of carboxylic acids is 1. The molecule has 0 spiro atoms. The minimum atomic E-state index is -1.08. The second kappa shape index (κ2) is 4.74. The molecule has 0 aromatic heterocycles. The highest BCUT2D eigenvalue weighted by Crippen LogP contribution is 2.11. The number of hydrogen-bond acceptors (Lipinski definition) is 3. The zero-order valence-corrected chi connectivity index (χ0v) is 7.53. The Morgan fingerprint density at radius 3 is 2.25 bits per heavy atom. The van der Waals surface area contributed by atoms with E-state index in [1.165, 1.54) is 6.92 Å². The third-order valence-corrected chi connectivity index (χ3v) is 1.70. The molecule has 0 aliphatic rings. The van der Waals surface area contributed by atoms with Crippen molar-refractivity contribution in [1.82, 2.24) is 0 Å². The van der Waals surface area contributed by atoms with E-state index in [1.54, 1.807) is 6.92 Å². The van der Waals surface area contributed by atoms with Gasteiger partial charge in [0.05, 0.1) is 0 Å². The highest BCUT2D eigenvalue weighted by atomic mass is 16.6. The number of carbonyl (C=O) groups excluding carboxylic acids is 1. The molecule has 0 fully saturated rings. The van der Waals surface area contributed by atoms with E-state index >= 15 is 0 Å². The fourth-order valence-corrected chi connectivity index (χ4v) is 0.803. The molecule has 1 N–H and O–H groups in total. The monoisotopic (exact) mass is 174 g/mol. The molecule has 0 aromatic rings. The number of aliphatic carboxylic acids is 1. The lowest BCUT2D eigenvalue weighted by atomic mass is 10.0. The van der Waals surface area contributed by atoms with Crippen LogP contribution in [0.5, 0.6) is 0 Å². The molecule has 0 radical (unpaired) electrons. The molecule has 0 saturated heterocycles. The minimum Gasteiger partial charge on any atom is -0.478 e. The minimum absolute atomic E-state index is 0.147. The summed E-state index contributed by atoms with van der Waals surface area (Å²) in [7, 11) is 0. The zero-order valence-electron chi connectivity index (χ0n) is 7.53. The van der Waals surface area contributed by atoms with E-state index in [0.717, 1.165) is 0 Å². The van der Waals surface area contributed by atoms with E-state index in [-0.39, 0.29) is 5.92 Å². The first kappa shape index (κ1) is 10.9. The maximum atomic E-state index is 10.6. The summed E-state index contributed by atoms with van der Waals surface area (Å²) in [5.74, 6) is -1.78. The van der Waals surface area contributed by atoms with Crippen molar-refractivity contribution in [2.24, 2.45) is 5.92 Å². The third kappa shape index (κ3) is 3.37. The molecule has 0 aliphatic heterocycles. The molecule has 0 aliphatic carbocycles. The van der Waals surface area contributed by atoms with Crippen molar-refractivity contribution in [3.05, 3.63) is 0 Å². The van der Waals surface area contributed by atoms with Gasteiger partial charge in [-0.3, -0.25) is 4.79 Å². The molecular formula is C8H14O4. The fourth-order valence-electron chi connectivity index (χ4n) is 0.803. The molecular weight excluding hydrogens is 160 g/mol. The molecule has 0 unspecified atom stereocenters. The van der Waals surface area contributed by atoms with E-state index < -0.39 is 18.0 Å². The standard InChI is InChI=1S/C8H14O4/c1-4-5(2)7(8(10)11)12-6(3)9/h5,7H,4H2,1-3H3,(H,10,11)/t5-,7-/m0/s1. The van der Waals surface area contributed by atoms with Crippen molar-refractivity contribution in [3.63, 3.8) is 0 Å². The summed E-state index contributed by atoms with van der Waals surface area (Å²) in [6.07, 6.45) is -0.336. The highest BCUT2D eigenvalue weighted by Gasteiger charge is 2.26. The summed E-state index contributed by atoms with van der Waals surface area (Å²) in [5.41, 5.74) is 0. The second-order valence-electron chi connectivity index (χ2n) is 2.75. The Hall–Kier alpha value is -1.06. The number of hydrogen-bond donors (Lipinski definition) is 1. The average Bonchev–Trinajstić information content (AvgIpc) is 1.98. The van der Waals surface area contributed by atoms with E-state index in [0.29, 0.717) is 6.42 Å². The summed E-state index contributed by atoms with van der Waals surface area (Å²) < 4.78 is 4.63. The van der Waals surface area contributed by atoms with Crippen LogP contribution in [0.25, 0.3) is 0 Å². The van der Waals surface area contributed by atoms with Gasteiger partial charge in [0.2, 0.25) is 6.10 Å². The molecule has 12 heavy (non-hydrogen) atoms. The zero-order chi connectivity index (χ0) is 9.72. The van der Waals surface area contributed by atoms with Crippen LogP contribution < -0.4 is 0 Å². The number of ether oxygens (including phenoxy) is 1. The number of carbonyl (C=O) groups is 2. The van der Waals surface area contributed by atoms with E-state index in [1.807, 2.05) is 6.92 Å². The fraction of sp³-hybridized carbons (Fsp3) is 0.750. The van der Waals surface area contributed by atoms with Gasteiger partial charge >= 0.3 is 11.9 Å². The predicted octanol–water partition coefficient (Wildman–Crippen LogP) is 1.05. The van der Waals surface area contributed by atoms with Gasteiger partial charge in [-0.25, -0.2) is 4.79 Å². The lowest BCUT2D eigenvalue weighted by Gasteiger charge is -2.17. The number of carboxylic acid groups (broad SMARTS) is 1. The van der Waals surface area contributed by atoms with Crippen LogP contribution in [-0.4, -0.2) is 23.1 Å². The first-order valence-corrected chi connectivity index (χ1v) is 3.89. The van der Waals surface area contributed by atoms with Crippen LogP contribution in [0.4, 0.5) is 0 Å². The Morgan fingerprint density at radius 1 is 1.50 bits per heavy atom. The maximum absolute atomic E-state index is 10.6. The smallest absolute Gasteiger partial charge is 0.345 e. The van der Waals surface area contributed by atoms with Crippen LogP contribution in [-0.2, 0) is 14.3 Å². The Bertz CT molecular complexity index is 176. The van der Waals surface area contributed by atoms with Crippen molar-refractivity contribution >= 4 is 11.9 Å². The molecule has 4 heteroatoms. The second-order valence-corrected chi connectivity index (χ2v) is 2.75. The molecule has 0 rings (SSSR count). The molecule has 0 heterocycles. The highest BCUT2D eigenvalue weighted by molar-refractivity contribution is 5.77. The summed E-state index contributed by atoms with van der Waals surface area (Å²) >= 11 is 0. The summed E-state index contributed by atoms with van der Waals surface area (Å²) in [6.45, 7) is 4.80. The largest absolute Gasteiger partial charge is 0.478 e. The van der Waals surface area contributed by atoms with Crippen molar-refractivity contribution in [2.45, 2.75) is 33.3 Å². The predicted molar refractivity (Wildman–Crippen MR) is 42.6 cm³/mol. The van der Waals surface area contributed by atoms with Gasteiger partial charge in [0, 0.05) is 12.8 Å². The van der Waals surface area contributed by atoms with Crippen LogP contribution in [0.3, 0.4) is 0 Å². The number of rotatable bonds is 4. The van der Waals surface area contributed by atoms with Gasteiger partial charge in [-0.15, -0.1) is 0 Å². The topological polar surface area (TPSA) is 63.6 Å². The first-order valence-electron chi connectivity index (χ1n) is 3.89. The lowest BCUT2D eigenvalue weighted by Crippen LogP contribution is -2.32. The van der Waals surface area contributed by atoms with Gasteiger partial charge in [-0.05, 0) is 6.42 Å². The molecule has 0 saturated carbocycles. The Kier molecular flexibility index (Phi) is 4.33. The van der Waals surface area contributed by atoms with Crippen molar-refractivity contribution < 1.29 is 19.4 Å². The van der Waals surface area contributed by atoms with E-state index in [2.05, 4.69) is 4.74 Å². The molecule has 0 aromatic carbocycles. The van der Waals surface area contributed by atoms with Crippen molar-refractivity contribution in [1.29, 1.82) is 0 Å². The lowest BCUT2D eigenvalue weighted by molar-refractivity contribution is -0.166. The molecule has 70 valence electrons. The average molecular weight is 174 g/mol. The van der Waals surface area contributed by atoms with Gasteiger partial charge in [-0.2, -0.15) is 0 Å². The Morgan fingerprint density at radius 2 is 2.00 bits per heavy atom. The van der Waals surface area contributed by atoms with Crippen LogP contribution in [0.15, 0.2) is 0 Å². The van der Waals surface area contributed by atoms with E-state index in [4.69, 9.17) is 5.11 Å². The van der Waals surface area contributed by atoms with Crippen LogP contribution >= 0.6 is 0 Å². The SMILES string of the molecule is CC[C@H](C)[C@H](OC(C)=O)C(=O)O. The van der Waals surface area contributed by atoms with Gasteiger partial charge < -0.3 is 9.84 Å². The Balaban J connectivity index is 4.22. The van der Waals surface area contributed by atoms with Gasteiger partial charge in [0.1, 0.15) is 0 Å². The quantitative estimate of drug-likeness (QED) is 0.647. The van der Waals surface area contributed by atoms with Crippen molar-refractivity contribution in [3.8, 4) is 0 Å². The molecule has 4 nitrogen and oxygen atoms in total. The van der Waals surface area contributed by atoms with Crippen LogP contribution in [0.1, 0.15) is 27.2 Å². The van der Waals surface area contributed by atoms with Gasteiger partial charge in [0.15, 0.2) is 0 Å². The molecule has 2 atom stereocenters. The van der Waals surface area contributed by atoms with E-state index in [9.17, 15) is 9.59 Å². The van der Waals surface area contributed by atoms with Crippen LogP contribution in [0, 0.1) is 5.92 Å². The summed E-state index contributed by atoms with van der Waals surface area (Å²) in [6, 6.07) is 0. The molecule has 0 bridgehead atoms.